The van der Waals surface area contributed by atoms with Crippen molar-refractivity contribution < 1.29 is 38.1 Å². The van der Waals surface area contributed by atoms with Crippen LogP contribution < -0.4 is 0 Å². The summed E-state index contributed by atoms with van der Waals surface area (Å²) in [7, 11) is 0. The van der Waals surface area contributed by atoms with E-state index in [-0.39, 0.29) is 44.2 Å². The first-order valence-corrected chi connectivity index (χ1v) is 10.6. The molecule has 0 radical (unpaired) electrons. The van der Waals surface area contributed by atoms with Crippen LogP contribution in [0.3, 0.4) is 0 Å². The molecule has 0 aromatic carbocycles. The minimum Gasteiger partial charge on any atom is -0.465 e. The van der Waals surface area contributed by atoms with E-state index in [9.17, 15) is 19.2 Å². The highest BCUT2D eigenvalue weighted by Crippen LogP contribution is 2.24. The summed E-state index contributed by atoms with van der Waals surface area (Å²) in [6.07, 6.45) is 1.80. The fourth-order valence-corrected chi connectivity index (χ4v) is 2.10. The Morgan fingerprint density at radius 1 is 0.600 bits per heavy atom. The molecule has 8 nitrogen and oxygen atoms in total. The summed E-state index contributed by atoms with van der Waals surface area (Å²) in [5.41, 5.74) is -1.19. The average Bonchev–Trinajstić information content (AvgIpc) is 2.75. The Balaban J connectivity index is 5.56. The van der Waals surface area contributed by atoms with Crippen molar-refractivity contribution in [3.8, 4) is 0 Å². The van der Waals surface area contributed by atoms with Crippen molar-refractivity contribution in [2.75, 3.05) is 26.4 Å². The predicted octanol–water partition coefficient (Wildman–Crippen LogP) is 3.30. The molecular formula is C22H38O8. The molecule has 0 amide bonds. The summed E-state index contributed by atoms with van der Waals surface area (Å²) in [5.74, 6) is -2.77. The summed E-state index contributed by atoms with van der Waals surface area (Å²) in [6.45, 7) is 11.2. The van der Waals surface area contributed by atoms with Crippen molar-refractivity contribution in [3.63, 3.8) is 0 Å². The molecule has 3 unspecified atom stereocenters. The Kier molecular flexibility index (Phi) is 13.0. The third kappa shape index (κ3) is 10.1. The number of carbonyl (C=O) groups excluding carboxylic acids is 4. The number of hydrogen-bond donors (Lipinski definition) is 0. The van der Waals surface area contributed by atoms with Gasteiger partial charge in [0.2, 0.25) is 0 Å². The van der Waals surface area contributed by atoms with Crippen LogP contribution in [0.25, 0.3) is 0 Å². The Morgan fingerprint density at radius 2 is 0.867 bits per heavy atom. The van der Waals surface area contributed by atoms with Gasteiger partial charge in [0, 0.05) is 6.92 Å². The molecule has 0 aliphatic carbocycles. The normalized spacial score (nSPS) is 15.8. The largest absolute Gasteiger partial charge is 0.465 e. The molecule has 0 fully saturated rings. The summed E-state index contributed by atoms with van der Waals surface area (Å²) in [5, 5.41) is 0. The number of carbonyl (C=O) groups is 4. The predicted molar refractivity (Wildman–Crippen MR) is 110 cm³/mol. The summed E-state index contributed by atoms with van der Waals surface area (Å²) in [4.78, 5) is 48.0. The Hall–Kier alpha value is -2.12. The number of rotatable bonds is 14. The molecule has 0 spiro atoms. The van der Waals surface area contributed by atoms with Crippen LogP contribution in [0.15, 0.2) is 0 Å². The van der Waals surface area contributed by atoms with E-state index in [4.69, 9.17) is 18.9 Å². The molecule has 0 rings (SSSR count). The van der Waals surface area contributed by atoms with Crippen LogP contribution in [-0.4, -0.2) is 50.3 Å². The van der Waals surface area contributed by atoms with Gasteiger partial charge in [-0.3, -0.25) is 19.2 Å². The second kappa shape index (κ2) is 14.0. The molecule has 0 aromatic rings. The molecule has 0 aromatic heterocycles. The van der Waals surface area contributed by atoms with Crippen LogP contribution in [0.5, 0.6) is 0 Å². The lowest BCUT2D eigenvalue weighted by Crippen LogP contribution is -2.44. The van der Waals surface area contributed by atoms with Gasteiger partial charge in [0.25, 0.3) is 0 Å². The number of ether oxygens (including phenoxy) is 4. The highest BCUT2D eigenvalue weighted by atomic mass is 16.6. The van der Waals surface area contributed by atoms with Gasteiger partial charge in [-0.15, -0.1) is 0 Å². The van der Waals surface area contributed by atoms with Crippen LogP contribution in [0.2, 0.25) is 0 Å². The van der Waals surface area contributed by atoms with Gasteiger partial charge in [-0.25, -0.2) is 0 Å². The van der Waals surface area contributed by atoms with Gasteiger partial charge < -0.3 is 18.9 Å². The van der Waals surface area contributed by atoms with E-state index in [1.807, 2.05) is 20.8 Å². The maximum Gasteiger partial charge on any atom is 0.308 e. The smallest absolute Gasteiger partial charge is 0.308 e. The van der Waals surface area contributed by atoms with Crippen molar-refractivity contribution in [3.05, 3.63) is 0 Å². The van der Waals surface area contributed by atoms with Gasteiger partial charge in [0.05, 0.1) is 17.8 Å². The summed E-state index contributed by atoms with van der Waals surface area (Å²) >= 11 is 0. The van der Waals surface area contributed by atoms with Gasteiger partial charge >= 0.3 is 23.9 Å². The van der Waals surface area contributed by atoms with E-state index >= 15 is 0 Å². The molecule has 8 heteroatoms. The van der Waals surface area contributed by atoms with Crippen molar-refractivity contribution in [1.29, 1.82) is 0 Å². The highest BCUT2D eigenvalue weighted by Gasteiger charge is 2.38. The molecule has 174 valence electrons. The lowest BCUT2D eigenvalue weighted by Gasteiger charge is -2.32. The minimum absolute atomic E-state index is 0.217. The third-order valence-corrected chi connectivity index (χ3v) is 5.19. The van der Waals surface area contributed by atoms with E-state index in [0.717, 1.165) is 0 Å². The van der Waals surface area contributed by atoms with Crippen LogP contribution in [0, 0.1) is 23.2 Å². The zero-order chi connectivity index (χ0) is 23.3. The van der Waals surface area contributed by atoms with Crippen molar-refractivity contribution >= 4 is 23.9 Å². The van der Waals surface area contributed by atoms with Crippen molar-refractivity contribution in [2.45, 2.75) is 67.7 Å². The standard InChI is InChI=1S/C22H38O8/c1-8-15(4)19(24)28-12-22(11-27-18(7)23,13-29-20(25)16(5)9-2)14-30-21(26)17(6)10-3/h15-17H,8-14H2,1-7H3. The zero-order valence-corrected chi connectivity index (χ0v) is 19.4. The second-order valence-electron chi connectivity index (χ2n) is 8.03. The lowest BCUT2D eigenvalue weighted by molar-refractivity contribution is -0.173. The highest BCUT2D eigenvalue weighted by molar-refractivity contribution is 5.73. The first kappa shape index (κ1) is 27.9. The molecule has 30 heavy (non-hydrogen) atoms. The topological polar surface area (TPSA) is 105 Å². The van der Waals surface area contributed by atoms with E-state index in [1.165, 1.54) is 6.92 Å². The third-order valence-electron chi connectivity index (χ3n) is 5.19. The van der Waals surface area contributed by atoms with Crippen LogP contribution >= 0.6 is 0 Å². The fourth-order valence-electron chi connectivity index (χ4n) is 2.10. The first-order valence-electron chi connectivity index (χ1n) is 10.6. The summed E-state index contributed by atoms with van der Waals surface area (Å²) < 4.78 is 21.4. The molecule has 0 aliphatic heterocycles. The van der Waals surface area contributed by atoms with Gasteiger partial charge in [0.1, 0.15) is 31.8 Å². The first-order chi connectivity index (χ1) is 14.0. The number of esters is 4. The van der Waals surface area contributed by atoms with Gasteiger partial charge in [-0.05, 0) is 19.3 Å². The van der Waals surface area contributed by atoms with E-state index < -0.39 is 29.3 Å². The molecular weight excluding hydrogens is 392 g/mol. The average molecular weight is 431 g/mol. The van der Waals surface area contributed by atoms with Crippen LogP contribution in [0.1, 0.15) is 67.7 Å². The Bertz CT molecular complexity index is 507. The second-order valence-corrected chi connectivity index (χ2v) is 8.03. The number of hydrogen-bond acceptors (Lipinski definition) is 8. The van der Waals surface area contributed by atoms with Crippen molar-refractivity contribution in [2.24, 2.45) is 23.2 Å². The molecule has 0 saturated carbocycles. The van der Waals surface area contributed by atoms with E-state index in [1.54, 1.807) is 20.8 Å². The molecule has 3 atom stereocenters. The van der Waals surface area contributed by atoms with Crippen LogP contribution in [-0.2, 0) is 38.1 Å². The van der Waals surface area contributed by atoms with Gasteiger partial charge in [-0.2, -0.15) is 0 Å². The van der Waals surface area contributed by atoms with Crippen LogP contribution in [0.4, 0.5) is 0 Å². The Morgan fingerprint density at radius 3 is 1.10 bits per heavy atom. The van der Waals surface area contributed by atoms with Crippen molar-refractivity contribution in [1.82, 2.24) is 0 Å². The molecule has 0 heterocycles. The lowest BCUT2D eigenvalue weighted by atomic mass is 9.91. The van der Waals surface area contributed by atoms with Gasteiger partial charge in [0.15, 0.2) is 0 Å². The molecule has 0 aliphatic rings. The van der Waals surface area contributed by atoms with E-state index in [2.05, 4.69) is 0 Å². The molecule has 0 saturated heterocycles. The quantitative estimate of drug-likeness (QED) is 0.305. The Labute approximate surface area is 180 Å². The minimum atomic E-state index is -1.19. The summed E-state index contributed by atoms with van der Waals surface area (Å²) in [6, 6.07) is 0. The SMILES string of the molecule is CCC(C)C(=O)OCC(COC(C)=O)(COC(=O)C(C)CC)COC(=O)C(C)CC. The molecule has 0 N–H and O–H groups in total. The maximum atomic E-state index is 12.2. The maximum absolute atomic E-state index is 12.2. The fraction of sp³-hybridized carbons (Fsp3) is 0.818. The zero-order valence-electron chi connectivity index (χ0n) is 19.4. The monoisotopic (exact) mass is 430 g/mol. The van der Waals surface area contributed by atoms with E-state index in [0.29, 0.717) is 19.3 Å². The molecule has 0 bridgehead atoms. The van der Waals surface area contributed by atoms with Gasteiger partial charge in [-0.1, -0.05) is 41.5 Å².